The van der Waals surface area contributed by atoms with E-state index in [1.54, 1.807) is 12.1 Å². The first kappa shape index (κ1) is 14.6. The van der Waals surface area contributed by atoms with E-state index in [4.69, 9.17) is 5.73 Å². The zero-order valence-electron chi connectivity index (χ0n) is 11.1. The van der Waals surface area contributed by atoms with Crippen LogP contribution in [-0.2, 0) is 4.79 Å². The molecular formula is C14H21FN2O. The van der Waals surface area contributed by atoms with Gasteiger partial charge in [-0.15, -0.1) is 0 Å². The van der Waals surface area contributed by atoms with Crippen molar-refractivity contribution in [1.82, 2.24) is 5.32 Å². The molecule has 0 aliphatic carbocycles. The number of hydrogen-bond acceptors (Lipinski definition) is 2. The molecule has 0 bridgehead atoms. The van der Waals surface area contributed by atoms with Gasteiger partial charge in [-0.25, -0.2) is 4.39 Å². The number of halogens is 1. The number of hydrogen-bond donors (Lipinski definition) is 2. The van der Waals surface area contributed by atoms with E-state index in [9.17, 15) is 9.18 Å². The van der Waals surface area contributed by atoms with Gasteiger partial charge in [-0.3, -0.25) is 4.79 Å². The standard InChI is InChI=1S/C14H21FN2O/c1-9(2)7-13(16)14(18)17-10(3)11-5-4-6-12(15)8-11/h4-6,8-10,13H,7,16H2,1-3H3,(H,17,18)/t10-,13+/m0/s1. The van der Waals surface area contributed by atoms with Gasteiger partial charge in [0.2, 0.25) is 5.91 Å². The lowest BCUT2D eigenvalue weighted by Gasteiger charge is -2.19. The summed E-state index contributed by atoms with van der Waals surface area (Å²) in [5.41, 5.74) is 6.52. The molecule has 4 heteroatoms. The van der Waals surface area contributed by atoms with Gasteiger partial charge in [0, 0.05) is 0 Å². The first-order valence-electron chi connectivity index (χ1n) is 6.21. The monoisotopic (exact) mass is 252 g/mol. The summed E-state index contributed by atoms with van der Waals surface area (Å²) in [6, 6.07) is 5.44. The van der Waals surface area contributed by atoms with Crippen LogP contribution in [0.25, 0.3) is 0 Å². The van der Waals surface area contributed by atoms with Crippen molar-refractivity contribution >= 4 is 5.91 Å². The van der Waals surface area contributed by atoms with Crippen molar-refractivity contribution in [3.63, 3.8) is 0 Å². The van der Waals surface area contributed by atoms with Crippen LogP contribution >= 0.6 is 0 Å². The van der Waals surface area contributed by atoms with Crippen LogP contribution in [0.2, 0.25) is 0 Å². The average Bonchev–Trinajstić information content (AvgIpc) is 2.27. The smallest absolute Gasteiger partial charge is 0.237 e. The summed E-state index contributed by atoms with van der Waals surface area (Å²) >= 11 is 0. The Bertz CT molecular complexity index is 407. The molecule has 0 saturated heterocycles. The molecule has 0 aliphatic heterocycles. The minimum Gasteiger partial charge on any atom is -0.348 e. The highest BCUT2D eigenvalue weighted by Gasteiger charge is 2.17. The predicted molar refractivity (Wildman–Crippen MR) is 70.4 cm³/mol. The molecule has 1 amide bonds. The number of carbonyl (C=O) groups is 1. The van der Waals surface area contributed by atoms with Crippen molar-refractivity contribution in [2.75, 3.05) is 0 Å². The fraction of sp³-hybridized carbons (Fsp3) is 0.500. The van der Waals surface area contributed by atoms with E-state index in [0.717, 1.165) is 5.56 Å². The third-order valence-electron chi connectivity index (χ3n) is 2.77. The lowest BCUT2D eigenvalue weighted by atomic mass is 10.0. The molecule has 0 fully saturated rings. The van der Waals surface area contributed by atoms with Gasteiger partial charge >= 0.3 is 0 Å². The topological polar surface area (TPSA) is 55.1 Å². The second kappa shape index (κ2) is 6.50. The maximum atomic E-state index is 13.1. The first-order valence-corrected chi connectivity index (χ1v) is 6.21. The van der Waals surface area contributed by atoms with Crippen LogP contribution in [0.1, 0.15) is 38.8 Å². The third-order valence-corrected chi connectivity index (χ3v) is 2.77. The van der Waals surface area contributed by atoms with E-state index < -0.39 is 6.04 Å². The van der Waals surface area contributed by atoms with Crippen LogP contribution in [0.3, 0.4) is 0 Å². The molecule has 0 unspecified atom stereocenters. The van der Waals surface area contributed by atoms with Crippen molar-refractivity contribution in [1.29, 1.82) is 0 Å². The quantitative estimate of drug-likeness (QED) is 0.845. The Hall–Kier alpha value is -1.42. The molecule has 3 N–H and O–H groups in total. The minimum atomic E-state index is -0.513. The highest BCUT2D eigenvalue weighted by molar-refractivity contribution is 5.81. The molecule has 0 aliphatic rings. The summed E-state index contributed by atoms with van der Waals surface area (Å²) in [5, 5.41) is 2.80. The Morgan fingerprint density at radius 2 is 2.06 bits per heavy atom. The maximum Gasteiger partial charge on any atom is 0.237 e. The summed E-state index contributed by atoms with van der Waals surface area (Å²) in [6.45, 7) is 5.85. The maximum absolute atomic E-state index is 13.1. The van der Waals surface area contributed by atoms with Gasteiger partial charge in [0.1, 0.15) is 5.82 Å². The van der Waals surface area contributed by atoms with Crippen LogP contribution in [0.4, 0.5) is 4.39 Å². The molecule has 0 spiro atoms. The SMILES string of the molecule is CC(C)C[C@@H](N)C(=O)N[C@@H](C)c1cccc(F)c1. The van der Waals surface area contributed by atoms with Crippen molar-refractivity contribution < 1.29 is 9.18 Å². The first-order chi connectivity index (χ1) is 8.40. The second-order valence-electron chi connectivity index (χ2n) is 5.02. The summed E-state index contributed by atoms with van der Waals surface area (Å²) in [4.78, 5) is 11.8. The van der Waals surface area contributed by atoms with Crippen molar-refractivity contribution in [3.8, 4) is 0 Å². The third kappa shape index (κ3) is 4.45. The van der Waals surface area contributed by atoms with E-state index >= 15 is 0 Å². The predicted octanol–water partition coefficient (Wildman–Crippen LogP) is 2.38. The number of nitrogens with two attached hydrogens (primary N) is 1. The molecule has 3 nitrogen and oxygen atoms in total. The van der Waals surface area contributed by atoms with E-state index in [1.165, 1.54) is 12.1 Å². The molecule has 18 heavy (non-hydrogen) atoms. The number of rotatable bonds is 5. The Morgan fingerprint density at radius 3 is 2.61 bits per heavy atom. The Balaban J connectivity index is 2.59. The van der Waals surface area contributed by atoms with Gasteiger partial charge in [-0.2, -0.15) is 0 Å². The van der Waals surface area contributed by atoms with E-state index in [0.29, 0.717) is 12.3 Å². The highest BCUT2D eigenvalue weighted by Crippen LogP contribution is 2.14. The van der Waals surface area contributed by atoms with Gasteiger partial charge in [0.05, 0.1) is 12.1 Å². The molecule has 1 aromatic rings. The van der Waals surface area contributed by atoms with E-state index in [-0.39, 0.29) is 17.8 Å². The zero-order chi connectivity index (χ0) is 13.7. The van der Waals surface area contributed by atoms with Crippen LogP contribution in [-0.4, -0.2) is 11.9 Å². The molecule has 0 heterocycles. The summed E-state index contributed by atoms with van der Waals surface area (Å²) in [5.74, 6) is -0.129. The molecule has 2 atom stereocenters. The highest BCUT2D eigenvalue weighted by atomic mass is 19.1. The number of carbonyl (C=O) groups excluding carboxylic acids is 1. The lowest BCUT2D eigenvalue weighted by molar-refractivity contribution is -0.123. The molecule has 0 aromatic heterocycles. The molecule has 1 rings (SSSR count). The molecule has 1 aromatic carbocycles. The zero-order valence-corrected chi connectivity index (χ0v) is 11.1. The summed E-state index contributed by atoms with van der Waals surface area (Å²) in [6.07, 6.45) is 0.641. The largest absolute Gasteiger partial charge is 0.348 e. The molecule has 0 saturated carbocycles. The van der Waals surface area contributed by atoms with E-state index in [1.807, 2.05) is 20.8 Å². The molecule has 0 radical (unpaired) electrons. The normalized spacial score (nSPS) is 14.3. The Morgan fingerprint density at radius 1 is 1.39 bits per heavy atom. The van der Waals surface area contributed by atoms with Crippen molar-refractivity contribution in [3.05, 3.63) is 35.6 Å². The van der Waals surface area contributed by atoms with Crippen LogP contribution in [0.5, 0.6) is 0 Å². The van der Waals surface area contributed by atoms with Gasteiger partial charge in [0.25, 0.3) is 0 Å². The van der Waals surface area contributed by atoms with E-state index in [2.05, 4.69) is 5.32 Å². The number of amides is 1. The fourth-order valence-corrected chi connectivity index (χ4v) is 1.79. The number of benzene rings is 1. The lowest BCUT2D eigenvalue weighted by Crippen LogP contribution is -2.42. The van der Waals surface area contributed by atoms with Gasteiger partial charge in [0.15, 0.2) is 0 Å². The summed E-state index contributed by atoms with van der Waals surface area (Å²) in [7, 11) is 0. The number of nitrogens with one attached hydrogen (secondary N) is 1. The van der Waals surface area contributed by atoms with Gasteiger partial charge in [-0.1, -0.05) is 26.0 Å². The van der Waals surface area contributed by atoms with Gasteiger partial charge in [-0.05, 0) is 37.0 Å². The van der Waals surface area contributed by atoms with Crippen LogP contribution in [0.15, 0.2) is 24.3 Å². The average molecular weight is 252 g/mol. The van der Waals surface area contributed by atoms with Crippen molar-refractivity contribution in [2.24, 2.45) is 11.7 Å². The van der Waals surface area contributed by atoms with Gasteiger partial charge < -0.3 is 11.1 Å². The Kier molecular flexibility index (Phi) is 5.28. The minimum absolute atomic E-state index is 0.194. The molecular weight excluding hydrogens is 231 g/mol. The fourth-order valence-electron chi connectivity index (χ4n) is 1.79. The second-order valence-corrected chi connectivity index (χ2v) is 5.02. The Labute approximate surface area is 108 Å². The van der Waals surface area contributed by atoms with Crippen LogP contribution in [0, 0.1) is 11.7 Å². The molecule has 100 valence electrons. The van der Waals surface area contributed by atoms with Crippen LogP contribution < -0.4 is 11.1 Å². The van der Waals surface area contributed by atoms with Crippen molar-refractivity contribution in [2.45, 2.75) is 39.3 Å². The summed E-state index contributed by atoms with van der Waals surface area (Å²) < 4.78 is 13.1.